The number of carbonyl (C=O) groups is 2. The smallest absolute Gasteiger partial charge is 0.316 e. The molecule has 2 aromatic carbocycles. The van der Waals surface area contributed by atoms with Crippen molar-refractivity contribution >= 4 is 17.6 Å². The number of ether oxygens (including phenoxy) is 1. The second-order valence-corrected chi connectivity index (χ2v) is 6.92. The minimum Gasteiger partial charge on any atom is -0.426 e. The summed E-state index contributed by atoms with van der Waals surface area (Å²) in [5.41, 5.74) is 5.28. The van der Waals surface area contributed by atoms with Crippen LogP contribution < -0.4 is 9.64 Å². The Morgan fingerprint density at radius 3 is 2.32 bits per heavy atom. The second kappa shape index (κ2) is 6.71. The van der Waals surface area contributed by atoms with Gasteiger partial charge in [0, 0.05) is 18.7 Å². The van der Waals surface area contributed by atoms with E-state index in [0.717, 1.165) is 27.9 Å². The molecule has 1 heterocycles. The Hall–Kier alpha value is -2.62. The molecule has 1 aliphatic heterocycles. The van der Waals surface area contributed by atoms with Crippen LogP contribution in [0.3, 0.4) is 0 Å². The third-order valence-electron chi connectivity index (χ3n) is 4.67. The van der Waals surface area contributed by atoms with Crippen molar-refractivity contribution in [3.05, 3.63) is 58.7 Å². The molecule has 0 saturated carbocycles. The highest BCUT2D eigenvalue weighted by Gasteiger charge is 2.36. The highest BCUT2D eigenvalue weighted by Crippen LogP contribution is 2.28. The number of hydrogen-bond donors (Lipinski definition) is 0. The van der Waals surface area contributed by atoms with Crippen molar-refractivity contribution in [1.29, 1.82) is 0 Å². The van der Waals surface area contributed by atoms with Crippen LogP contribution in [0, 0.1) is 33.6 Å². The first kappa shape index (κ1) is 17.2. The molecule has 1 amide bonds. The zero-order chi connectivity index (χ0) is 18.1. The molecule has 0 bridgehead atoms. The van der Waals surface area contributed by atoms with E-state index in [1.165, 1.54) is 0 Å². The molecule has 0 aromatic heterocycles. The van der Waals surface area contributed by atoms with Crippen LogP contribution in [0.15, 0.2) is 36.4 Å². The van der Waals surface area contributed by atoms with Gasteiger partial charge in [-0.05, 0) is 74.2 Å². The maximum Gasteiger partial charge on any atom is 0.316 e. The van der Waals surface area contributed by atoms with Crippen LogP contribution in [-0.2, 0) is 9.59 Å². The lowest BCUT2D eigenvalue weighted by molar-refractivity contribution is -0.139. The fourth-order valence-electron chi connectivity index (χ4n) is 3.20. The van der Waals surface area contributed by atoms with Crippen LogP contribution in [0.1, 0.15) is 28.7 Å². The van der Waals surface area contributed by atoms with Gasteiger partial charge in [-0.3, -0.25) is 9.59 Å². The van der Waals surface area contributed by atoms with Gasteiger partial charge in [0.25, 0.3) is 0 Å². The summed E-state index contributed by atoms with van der Waals surface area (Å²) in [6.45, 7) is 8.36. The van der Waals surface area contributed by atoms with Crippen LogP contribution in [0.2, 0.25) is 0 Å². The minimum atomic E-state index is -0.435. The van der Waals surface area contributed by atoms with Gasteiger partial charge < -0.3 is 9.64 Å². The fourth-order valence-corrected chi connectivity index (χ4v) is 3.20. The molecule has 1 saturated heterocycles. The quantitative estimate of drug-likeness (QED) is 0.631. The molecular formula is C21H23NO3. The van der Waals surface area contributed by atoms with Gasteiger partial charge in [0.1, 0.15) is 5.75 Å². The molecule has 4 heteroatoms. The van der Waals surface area contributed by atoms with E-state index in [9.17, 15) is 9.59 Å². The van der Waals surface area contributed by atoms with Gasteiger partial charge in [-0.15, -0.1) is 0 Å². The Bertz CT molecular complexity index is 821. The maximum absolute atomic E-state index is 12.5. The van der Waals surface area contributed by atoms with E-state index in [0.29, 0.717) is 12.3 Å². The Labute approximate surface area is 148 Å². The van der Waals surface area contributed by atoms with Gasteiger partial charge >= 0.3 is 5.97 Å². The van der Waals surface area contributed by atoms with E-state index in [-0.39, 0.29) is 18.3 Å². The van der Waals surface area contributed by atoms with Gasteiger partial charge in [-0.25, -0.2) is 0 Å². The number of anilines is 1. The SMILES string of the molecule is Cc1cc(C)cc(N2C[C@H](C(=O)Oc3ccc(C)c(C)c3)CC2=O)c1. The standard InChI is InChI=1S/C21H23NO3/c1-13-7-14(2)9-18(8-13)22-12-17(11-20(22)23)21(24)25-19-6-5-15(3)16(4)10-19/h5-10,17H,11-12H2,1-4H3/t17-/m1/s1. The molecule has 2 aromatic rings. The molecule has 1 fully saturated rings. The zero-order valence-corrected chi connectivity index (χ0v) is 15.1. The number of amides is 1. The number of esters is 1. The van der Waals surface area contributed by atoms with Crippen molar-refractivity contribution in [2.45, 2.75) is 34.1 Å². The van der Waals surface area contributed by atoms with Gasteiger partial charge in [0.05, 0.1) is 5.92 Å². The monoisotopic (exact) mass is 337 g/mol. The molecule has 3 rings (SSSR count). The fraction of sp³-hybridized carbons (Fsp3) is 0.333. The lowest BCUT2D eigenvalue weighted by Gasteiger charge is -2.18. The Balaban J connectivity index is 1.73. The maximum atomic E-state index is 12.5. The summed E-state index contributed by atoms with van der Waals surface area (Å²) < 4.78 is 5.50. The van der Waals surface area contributed by atoms with Crippen LogP contribution in [-0.4, -0.2) is 18.4 Å². The third kappa shape index (κ3) is 3.73. The van der Waals surface area contributed by atoms with Crippen LogP contribution in [0.25, 0.3) is 0 Å². The highest BCUT2D eigenvalue weighted by atomic mass is 16.5. The number of benzene rings is 2. The first-order valence-corrected chi connectivity index (χ1v) is 8.51. The first-order valence-electron chi connectivity index (χ1n) is 8.51. The van der Waals surface area contributed by atoms with Crippen LogP contribution in [0.5, 0.6) is 5.75 Å². The number of nitrogens with zero attached hydrogens (tertiary/aromatic N) is 1. The molecule has 0 N–H and O–H groups in total. The third-order valence-corrected chi connectivity index (χ3v) is 4.67. The van der Waals surface area contributed by atoms with Gasteiger partial charge in [-0.2, -0.15) is 0 Å². The topological polar surface area (TPSA) is 46.6 Å². The average Bonchev–Trinajstić information content (AvgIpc) is 2.92. The van der Waals surface area contributed by atoms with Crippen LogP contribution in [0.4, 0.5) is 5.69 Å². The lowest BCUT2D eigenvalue weighted by Crippen LogP contribution is -2.27. The number of hydrogen-bond acceptors (Lipinski definition) is 3. The van der Waals surface area contributed by atoms with E-state index in [4.69, 9.17) is 4.74 Å². The van der Waals surface area contributed by atoms with Crippen molar-refractivity contribution in [1.82, 2.24) is 0 Å². The normalized spacial score (nSPS) is 17.0. The molecule has 1 aliphatic rings. The molecule has 4 nitrogen and oxygen atoms in total. The zero-order valence-electron chi connectivity index (χ0n) is 15.1. The molecule has 25 heavy (non-hydrogen) atoms. The van der Waals surface area contributed by atoms with E-state index in [1.807, 2.05) is 52.0 Å². The summed E-state index contributed by atoms with van der Waals surface area (Å²) in [7, 11) is 0. The number of carbonyl (C=O) groups excluding carboxylic acids is 2. The summed E-state index contributed by atoms with van der Waals surface area (Å²) >= 11 is 0. The van der Waals surface area contributed by atoms with E-state index in [2.05, 4.69) is 6.07 Å². The van der Waals surface area contributed by atoms with Crippen molar-refractivity contribution in [2.24, 2.45) is 5.92 Å². The van der Waals surface area contributed by atoms with Crippen molar-refractivity contribution < 1.29 is 14.3 Å². The highest BCUT2D eigenvalue weighted by molar-refractivity contribution is 5.99. The summed E-state index contributed by atoms with van der Waals surface area (Å²) in [4.78, 5) is 26.5. The number of rotatable bonds is 3. The predicted octanol–water partition coefficient (Wildman–Crippen LogP) is 3.88. The predicted molar refractivity (Wildman–Crippen MR) is 97.9 cm³/mol. The summed E-state index contributed by atoms with van der Waals surface area (Å²) in [5, 5.41) is 0. The second-order valence-electron chi connectivity index (χ2n) is 6.92. The van der Waals surface area contributed by atoms with Gasteiger partial charge in [-0.1, -0.05) is 12.1 Å². The summed E-state index contributed by atoms with van der Waals surface area (Å²) in [5.74, 6) is -0.282. The molecular weight excluding hydrogens is 314 g/mol. The Morgan fingerprint density at radius 1 is 1.00 bits per heavy atom. The molecule has 1 atom stereocenters. The Morgan fingerprint density at radius 2 is 1.68 bits per heavy atom. The van der Waals surface area contributed by atoms with E-state index in [1.54, 1.807) is 11.0 Å². The van der Waals surface area contributed by atoms with E-state index < -0.39 is 5.92 Å². The van der Waals surface area contributed by atoms with Crippen LogP contribution >= 0.6 is 0 Å². The summed E-state index contributed by atoms with van der Waals surface area (Å²) in [6.07, 6.45) is 0.191. The Kier molecular flexibility index (Phi) is 4.62. The minimum absolute atomic E-state index is 0.0352. The van der Waals surface area contributed by atoms with Crippen molar-refractivity contribution in [3.8, 4) is 5.75 Å². The molecule has 130 valence electrons. The van der Waals surface area contributed by atoms with Crippen molar-refractivity contribution in [2.75, 3.05) is 11.4 Å². The number of aryl methyl sites for hydroxylation is 4. The molecule has 0 spiro atoms. The van der Waals surface area contributed by atoms with Gasteiger partial charge in [0.15, 0.2) is 0 Å². The summed E-state index contributed by atoms with van der Waals surface area (Å²) in [6, 6.07) is 11.6. The largest absolute Gasteiger partial charge is 0.426 e. The van der Waals surface area contributed by atoms with E-state index >= 15 is 0 Å². The van der Waals surface area contributed by atoms with Gasteiger partial charge in [0.2, 0.25) is 5.91 Å². The lowest BCUT2D eigenvalue weighted by atomic mass is 10.1. The first-order chi connectivity index (χ1) is 11.8. The molecule has 0 radical (unpaired) electrons. The van der Waals surface area contributed by atoms with Crippen molar-refractivity contribution in [3.63, 3.8) is 0 Å². The molecule has 0 aliphatic carbocycles. The molecule has 0 unspecified atom stereocenters. The average molecular weight is 337 g/mol.